The largest absolute Gasteiger partial charge is 0.481 e. The molecule has 2 aromatic carbocycles. The van der Waals surface area contributed by atoms with Gasteiger partial charge in [-0.25, -0.2) is 0 Å². The van der Waals surface area contributed by atoms with E-state index in [1.165, 1.54) is 16.1 Å². The molecule has 2 atom stereocenters. The maximum atomic E-state index is 12.1. The number of fused-ring (bicyclic) bond motifs is 4. The second-order valence-corrected chi connectivity index (χ2v) is 10.7. The number of hydrogen-bond acceptors (Lipinski definition) is 6. The van der Waals surface area contributed by atoms with E-state index in [0.717, 1.165) is 51.9 Å². The number of nitrogens with zero attached hydrogens (tertiary/aromatic N) is 5. The van der Waals surface area contributed by atoms with Gasteiger partial charge in [0, 0.05) is 33.9 Å². The SMILES string of the molecule is Cc1sc2c(c1C)C(c1ccc(N3CCc4ccccc43)cc1)=NC([C@H](C)C(=O)O)c1nnc(C)n1-2. The van der Waals surface area contributed by atoms with Gasteiger partial charge < -0.3 is 10.0 Å². The van der Waals surface area contributed by atoms with Crippen LogP contribution in [0.2, 0.25) is 0 Å². The summed E-state index contributed by atoms with van der Waals surface area (Å²) >= 11 is 1.67. The lowest BCUT2D eigenvalue weighted by Gasteiger charge is -2.20. The Morgan fingerprint density at radius 2 is 1.83 bits per heavy atom. The van der Waals surface area contributed by atoms with Crippen molar-refractivity contribution < 1.29 is 9.90 Å². The highest BCUT2D eigenvalue weighted by Crippen LogP contribution is 2.41. The molecule has 4 heterocycles. The van der Waals surface area contributed by atoms with Crippen molar-refractivity contribution in [1.82, 2.24) is 14.8 Å². The summed E-state index contributed by atoms with van der Waals surface area (Å²) < 4.78 is 2.00. The molecule has 0 spiro atoms. The minimum atomic E-state index is -0.906. The van der Waals surface area contributed by atoms with E-state index in [2.05, 4.69) is 77.5 Å². The molecular formula is C28H27N5O2S. The van der Waals surface area contributed by atoms with Crippen molar-refractivity contribution in [3.05, 3.63) is 87.3 Å². The van der Waals surface area contributed by atoms with Gasteiger partial charge in [-0.1, -0.05) is 30.3 Å². The Bertz CT molecular complexity index is 1530. The molecule has 2 aliphatic rings. The van der Waals surface area contributed by atoms with Crippen LogP contribution in [-0.2, 0) is 11.2 Å². The van der Waals surface area contributed by atoms with Crippen molar-refractivity contribution in [1.29, 1.82) is 0 Å². The maximum absolute atomic E-state index is 12.1. The third-order valence-electron chi connectivity index (χ3n) is 7.39. The van der Waals surface area contributed by atoms with Crippen LogP contribution in [0.25, 0.3) is 5.00 Å². The molecule has 0 radical (unpaired) electrons. The molecule has 182 valence electrons. The molecule has 1 unspecified atom stereocenters. The Kier molecular flexibility index (Phi) is 5.30. The maximum Gasteiger partial charge on any atom is 0.308 e. The van der Waals surface area contributed by atoms with Gasteiger partial charge in [0.1, 0.15) is 16.9 Å². The zero-order valence-electron chi connectivity index (χ0n) is 20.7. The third kappa shape index (κ3) is 3.39. The standard InChI is InChI=1S/C28H27N5O2S/c1-15-17(3)36-27-23(15)25(29-24(16(2)28(34)35)26-31-30-18(4)33(26)27)20-9-11-21(12-10-20)32-14-13-19-7-5-6-8-22(19)32/h5-12,16,24H,13-14H2,1-4H3,(H,34,35)/t16-,24?/m0/s1. The Labute approximate surface area is 213 Å². The molecule has 8 heteroatoms. The van der Waals surface area contributed by atoms with E-state index in [0.29, 0.717) is 5.82 Å². The number of para-hydroxylation sites is 1. The number of carboxylic acids is 1. The van der Waals surface area contributed by atoms with Crippen molar-refractivity contribution in [2.45, 2.75) is 40.2 Å². The van der Waals surface area contributed by atoms with Crippen molar-refractivity contribution >= 4 is 34.4 Å². The molecule has 6 rings (SSSR count). The highest BCUT2D eigenvalue weighted by molar-refractivity contribution is 7.15. The first kappa shape index (κ1) is 22.7. The van der Waals surface area contributed by atoms with Crippen LogP contribution >= 0.6 is 11.3 Å². The van der Waals surface area contributed by atoms with Crippen molar-refractivity contribution in [2.75, 3.05) is 11.4 Å². The minimum absolute atomic E-state index is 0.574. The lowest BCUT2D eigenvalue weighted by molar-refractivity contribution is -0.141. The van der Waals surface area contributed by atoms with Gasteiger partial charge in [-0.05, 0) is 63.4 Å². The first-order chi connectivity index (χ1) is 17.3. The van der Waals surface area contributed by atoms with Gasteiger partial charge in [-0.3, -0.25) is 14.4 Å². The number of rotatable bonds is 4. The molecule has 0 amide bonds. The molecular weight excluding hydrogens is 470 g/mol. The molecule has 0 saturated heterocycles. The monoisotopic (exact) mass is 497 g/mol. The molecule has 7 nitrogen and oxygen atoms in total. The van der Waals surface area contributed by atoms with Crippen LogP contribution < -0.4 is 4.90 Å². The van der Waals surface area contributed by atoms with Crippen molar-refractivity contribution in [3.63, 3.8) is 0 Å². The van der Waals surface area contributed by atoms with Gasteiger partial charge in [0.2, 0.25) is 0 Å². The fourth-order valence-corrected chi connectivity index (χ4v) is 6.44. The highest BCUT2D eigenvalue weighted by atomic mass is 32.1. The Hall–Kier alpha value is -3.78. The van der Waals surface area contributed by atoms with E-state index in [4.69, 9.17) is 4.99 Å². The zero-order chi connectivity index (χ0) is 25.1. The Morgan fingerprint density at radius 1 is 1.08 bits per heavy atom. The van der Waals surface area contributed by atoms with Crippen LogP contribution in [-0.4, -0.2) is 38.1 Å². The van der Waals surface area contributed by atoms with Crippen LogP contribution in [0.4, 0.5) is 11.4 Å². The number of aryl methyl sites for hydroxylation is 2. The summed E-state index contributed by atoms with van der Waals surface area (Å²) in [6.07, 6.45) is 1.04. The van der Waals surface area contributed by atoms with Crippen LogP contribution in [0.3, 0.4) is 0 Å². The van der Waals surface area contributed by atoms with Gasteiger partial charge in [0.05, 0.1) is 11.6 Å². The van der Waals surface area contributed by atoms with Crippen molar-refractivity contribution in [2.24, 2.45) is 10.9 Å². The predicted molar refractivity (Wildman–Crippen MR) is 142 cm³/mol. The number of thiophene rings is 1. The number of hydrogen-bond donors (Lipinski definition) is 1. The van der Waals surface area contributed by atoms with Gasteiger partial charge in [-0.2, -0.15) is 0 Å². The number of aliphatic imine (C=N–C) groups is 1. The van der Waals surface area contributed by atoms with E-state index in [1.807, 2.05) is 11.5 Å². The number of carboxylic acid groups (broad SMARTS) is 1. The molecule has 2 aliphatic heterocycles. The average Bonchev–Trinajstić information content (AvgIpc) is 3.53. The van der Waals surface area contributed by atoms with Crippen molar-refractivity contribution in [3.8, 4) is 5.00 Å². The third-order valence-corrected chi connectivity index (χ3v) is 8.58. The second kappa shape index (κ2) is 8.41. The zero-order valence-corrected chi connectivity index (χ0v) is 21.5. The lowest BCUT2D eigenvalue weighted by Crippen LogP contribution is -2.21. The summed E-state index contributed by atoms with van der Waals surface area (Å²) in [5.74, 6) is -0.352. The second-order valence-electron chi connectivity index (χ2n) is 9.53. The first-order valence-corrected chi connectivity index (χ1v) is 13.0. The van der Waals surface area contributed by atoms with Crippen LogP contribution in [0.5, 0.6) is 0 Å². The number of benzene rings is 2. The van der Waals surface area contributed by atoms with Gasteiger partial charge in [-0.15, -0.1) is 21.5 Å². The summed E-state index contributed by atoms with van der Waals surface area (Å²) in [6, 6.07) is 16.4. The lowest BCUT2D eigenvalue weighted by atomic mass is 9.98. The molecule has 4 aromatic rings. The number of carbonyl (C=O) groups is 1. The molecule has 1 N–H and O–H groups in total. The number of aliphatic carboxylic acids is 1. The quantitative estimate of drug-likeness (QED) is 0.399. The van der Waals surface area contributed by atoms with E-state index in [9.17, 15) is 9.90 Å². The topological polar surface area (TPSA) is 83.6 Å². The fraction of sp³-hybridized carbons (Fsp3) is 0.286. The van der Waals surface area contributed by atoms with Gasteiger partial charge in [0.15, 0.2) is 5.82 Å². The summed E-state index contributed by atoms with van der Waals surface area (Å²) in [7, 11) is 0. The summed E-state index contributed by atoms with van der Waals surface area (Å²) in [5.41, 5.74) is 7.71. The molecule has 0 bridgehead atoms. The van der Waals surface area contributed by atoms with Gasteiger partial charge in [0.25, 0.3) is 0 Å². The highest BCUT2D eigenvalue weighted by Gasteiger charge is 2.36. The summed E-state index contributed by atoms with van der Waals surface area (Å²) in [5, 5.41) is 19.6. The van der Waals surface area contributed by atoms with Crippen LogP contribution in [0, 0.1) is 26.7 Å². The van der Waals surface area contributed by atoms with Gasteiger partial charge >= 0.3 is 5.97 Å². The molecule has 0 saturated carbocycles. The first-order valence-electron chi connectivity index (χ1n) is 12.1. The minimum Gasteiger partial charge on any atom is -0.481 e. The molecule has 2 aromatic heterocycles. The van der Waals surface area contributed by atoms with E-state index in [-0.39, 0.29) is 0 Å². The van der Waals surface area contributed by atoms with E-state index in [1.54, 1.807) is 18.3 Å². The summed E-state index contributed by atoms with van der Waals surface area (Å²) in [4.78, 5) is 20.7. The Balaban J connectivity index is 1.50. The predicted octanol–water partition coefficient (Wildman–Crippen LogP) is 5.56. The normalized spacial score (nSPS) is 17.2. The number of aromatic nitrogens is 3. The fourth-order valence-electron chi connectivity index (χ4n) is 5.22. The molecule has 0 aliphatic carbocycles. The van der Waals surface area contributed by atoms with E-state index >= 15 is 0 Å². The average molecular weight is 498 g/mol. The van der Waals surface area contributed by atoms with Crippen LogP contribution in [0.15, 0.2) is 53.5 Å². The summed E-state index contributed by atoms with van der Waals surface area (Å²) in [6.45, 7) is 8.76. The van der Waals surface area contributed by atoms with Crippen LogP contribution in [0.1, 0.15) is 51.7 Å². The smallest absolute Gasteiger partial charge is 0.308 e. The number of anilines is 2. The molecule has 0 fully saturated rings. The Morgan fingerprint density at radius 3 is 2.58 bits per heavy atom. The van der Waals surface area contributed by atoms with E-state index < -0.39 is 17.9 Å². The molecule has 36 heavy (non-hydrogen) atoms.